The van der Waals surface area contributed by atoms with Gasteiger partial charge in [0.15, 0.2) is 5.69 Å². The van der Waals surface area contributed by atoms with E-state index in [0.29, 0.717) is 5.25 Å². The van der Waals surface area contributed by atoms with Gasteiger partial charge < -0.3 is 5.11 Å². The molecule has 5 heteroatoms. The van der Waals surface area contributed by atoms with E-state index < -0.39 is 5.97 Å². The average Bonchev–Trinajstić information content (AvgIpc) is 2.82. The van der Waals surface area contributed by atoms with E-state index in [1.165, 1.54) is 11.3 Å². The highest BCUT2D eigenvalue weighted by atomic mass is 32.2. The number of aromatic carboxylic acids is 1. The zero-order chi connectivity index (χ0) is 13.8. The maximum Gasteiger partial charge on any atom is 0.356 e. The van der Waals surface area contributed by atoms with Crippen LogP contribution in [-0.4, -0.2) is 21.3 Å². The fourth-order valence-electron chi connectivity index (χ4n) is 1.59. The van der Waals surface area contributed by atoms with E-state index in [-0.39, 0.29) is 5.69 Å². The van der Waals surface area contributed by atoms with Crippen molar-refractivity contribution in [2.45, 2.75) is 24.9 Å². The monoisotopic (exact) mass is 293 g/mol. The molecule has 1 aromatic heterocycles. The number of rotatable bonds is 5. The van der Waals surface area contributed by atoms with E-state index in [2.05, 4.69) is 18.8 Å². The highest BCUT2D eigenvalue weighted by Crippen LogP contribution is 2.32. The molecule has 0 aliphatic heterocycles. The lowest BCUT2D eigenvalue weighted by Gasteiger charge is -2.00. The number of hydrogen-bond donors (Lipinski definition) is 1. The van der Waals surface area contributed by atoms with Crippen molar-refractivity contribution in [2.75, 3.05) is 0 Å². The molecule has 1 heterocycles. The van der Waals surface area contributed by atoms with Crippen LogP contribution in [0.1, 0.15) is 29.3 Å². The predicted octanol–water partition coefficient (Wildman–Crippen LogP) is 4.15. The second-order valence-corrected chi connectivity index (χ2v) is 6.96. The Bertz CT molecular complexity index is 564. The Balaban J connectivity index is 2.34. The SMILES string of the molecule is CC(C)SCc1nc(C(=O)O)c(-c2ccccc2)s1. The number of thiazole rings is 1. The van der Waals surface area contributed by atoms with Gasteiger partial charge in [0.05, 0.1) is 4.88 Å². The summed E-state index contributed by atoms with van der Waals surface area (Å²) >= 11 is 3.24. The first-order valence-corrected chi connectivity index (χ1v) is 7.84. The average molecular weight is 293 g/mol. The molecule has 2 rings (SSSR count). The smallest absolute Gasteiger partial charge is 0.356 e. The summed E-state index contributed by atoms with van der Waals surface area (Å²) in [6.07, 6.45) is 0. The molecule has 0 fully saturated rings. The maximum absolute atomic E-state index is 11.3. The number of carboxylic acid groups (broad SMARTS) is 1. The molecule has 2 aromatic rings. The summed E-state index contributed by atoms with van der Waals surface area (Å²) in [6.45, 7) is 4.24. The Kier molecular flexibility index (Phi) is 4.61. The van der Waals surface area contributed by atoms with E-state index in [4.69, 9.17) is 0 Å². The van der Waals surface area contributed by atoms with Crippen LogP contribution in [0.3, 0.4) is 0 Å². The minimum Gasteiger partial charge on any atom is -0.476 e. The molecule has 0 unspecified atom stereocenters. The van der Waals surface area contributed by atoms with Gasteiger partial charge in [0.1, 0.15) is 5.01 Å². The highest BCUT2D eigenvalue weighted by molar-refractivity contribution is 7.99. The molecule has 100 valence electrons. The summed E-state index contributed by atoms with van der Waals surface area (Å²) in [5.74, 6) is -0.203. The van der Waals surface area contributed by atoms with Crippen LogP contribution >= 0.6 is 23.1 Å². The van der Waals surface area contributed by atoms with E-state index in [1.54, 1.807) is 11.8 Å². The molecular weight excluding hydrogens is 278 g/mol. The third kappa shape index (κ3) is 3.58. The van der Waals surface area contributed by atoms with E-state index >= 15 is 0 Å². The van der Waals surface area contributed by atoms with Crippen molar-refractivity contribution in [1.29, 1.82) is 0 Å². The van der Waals surface area contributed by atoms with Crippen LogP contribution in [0.25, 0.3) is 10.4 Å². The van der Waals surface area contributed by atoms with Gasteiger partial charge in [0.2, 0.25) is 0 Å². The van der Waals surface area contributed by atoms with Gasteiger partial charge in [-0.15, -0.1) is 11.3 Å². The molecule has 0 saturated carbocycles. The molecule has 0 amide bonds. The third-order valence-electron chi connectivity index (χ3n) is 2.45. The van der Waals surface area contributed by atoms with E-state index in [0.717, 1.165) is 21.2 Å². The minimum atomic E-state index is -0.962. The van der Waals surface area contributed by atoms with Gasteiger partial charge in [-0.05, 0) is 10.8 Å². The van der Waals surface area contributed by atoms with Crippen LogP contribution in [0.5, 0.6) is 0 Å². The summed E-state index contributed by atoms with van der Waals surface area (Å²) in [7, 11) is 0. The molecular formula is C14H15NO2S2. The molecule has 19 heavy (non-hydrogen) atoms. The van der Waals surface area contributed by atoms with Crippen LogP contribution in [0.4, 0.5) is 0 Å². The van der Waals surface area contributed by atoms with Gasteiger partial charge in [0.25, 0.3) is 0 Å². The zero-order valence-corrected chi connectivity index (χ0v) is 12.4. The lowest BCUT2D eigenvalue weighted by Crippen LogP contribution is -1.99. The van der Waals surface area contributed by atoms with Crippen molar-refractivity contribution in [2.24, 2.45) is 0 Å². The second kappa shape index (κ2) is 6.21. The lowest BCUT2D eigenvalue weighted by molar-refractivity contribution is 0.0692. The standard InChI is InChI=1S/C14H15NO2S2/c1-9(2)18-8-11-15-12(14(16)17)13(19-11)10-6-4-3-5-7-10/h3-7,9H,8H2,1-2H3,(H,16,17). The first-order valence-electron chi connectivity index (χ1n) is 5.98. The molecule has 0 saturated heterocycles. The highest BCUT2D eigenvalue weighted by Gasteiger charge is 2.18. The fraction of sp³-hybridized carbons (Fsp3) is 0.286. The topological polar surface area (TPSA) is 50.2 Å². The molecule has 0 atom stereocenters. The molecule has 1 N–H and O–H groups in total. The van der Waals surface area contributed by atoms with Gasteiger partial charge in [-0.1, -0.05) is 44.2 Å². The summed E-state index contributed by atoms with van der Waals surface area (Å²) in [5.41, 5.74) is 1.08. The van der Waals surface area contributed by atoms with Crippen LogP contribution < -0.4 is 0 Å². The summed E-state index contributed by atoms with van der Waals surface area (Å²) in [6, 6.07) is 9.56. The molecule has 0 radical (unpaired) electrons. The van der Waals surface area contributed by atoms with E-state index in [9.17, 15) is 9.90 Å². The van der Waals surface area contributed by atoms with Crippen LogP contribution in [0, 0.1) is 0 Å². The molecule has 0 spiro atoms. The summed E-state index contributed by atoms with van der Waals surface area (Å²) in [4.78, 5) is 16.3. The number of carbonyl (C=O) groups is 1. The summed E-state index contributed by atoms with van der Waals surface area (Å²) in [5, 5.41) is 10.6. The summed E-state index contributed by atoms with van der Waals surface area (Å²) < 4.78 is 0. The van der Waals surface area contributed by atoms with Crippen molar-refractivity contribution in [3.8, 4) is 10.4 Å². The largest absolute Gasteiger partial charge is 0.476 e. The van der Waals surface area contributed by atoms with E-state index in [1.807, 2.05) is 30.3 Å². The molecule has 1 aromatic carbocycles. The quantitative estimate of drug-likeness (QED) is 0.899. The normalized spacial score (nSPS) is 10.9. The lowest BCUT2D eigenvalue weighted by atomic mass is 10.1. The van der Waals surface area contributed by atoms with Gasteiger partial charge in [-0.25, -0.2) is 9.78 Å². The van der Waals surface area contributed by atoms with Crippen molar-refractivity contribution < 1.29 is 9.90 Å². The van der Waals surface area contributed by atoms with Crippen molar-refractivity contribution in [3.05, 3.63) is 41.0 Å². The zero-order valence-electron chi connectivity index (χ0n) is 10.8. The van der Waals surface area contributed by atoms with Gasteiger partial charge >= 0.3 is 5.97 Å². The Morgan fingerprint density at radius 2 is 2.05 bits per heavy atom. The van der Waals surface area contributed by atoms with Gasteiger partial charge in [-0.2, -0.15) is 11.8 Å². The molecule has 0 bridgehead atoms. The van der Waals surface area contributed by atoms with Crippen LogP contribution in [-0.2, 0) is 5.75 Å². The number of aromatic nitrogens is 1. The maximum atomic E-state index is 11.3. The Labute approximate surface area is 120 Å². The Hall–Kier alpha value is -1.33. The molecule has 3 nitrogen and oxygen atoms in total. The van der Waals surface area contributed by atoms with Gasteiger partial charge in [0, 0.05) is 5.75 Å². The Morgan fingerprint density at radius 3 is 2.63 bits per heavy atom. The van der Waals surface area contributed by atoms with Crippen LogP contribution in [0.15, 0.2) is 30.3 Å². The molecule has 0 aliphatic carbocycles. The van der Waals surface area contributed by atoms with Crippen molar-refractivity contribution in [1.82, 2.24) is 4.98 Å². The van der Waals surface area contributed by atoms with Crippen molar-refractivity contribution >= 4 is 29.1 Å². The fourth-order valence-corrected chi connectivity index (χ4v) is 3.43. The number of nitrogens with zero attached hydrogens (tertiary/aromatic N) is 1. The second-order valence-electron chi connectivity index (χ2n) is 4.32. The Morgan fingerprint density at radius 1 is 1.37 bits per heavy atom. The predicted molar refractivity (Wildman–Crippen MR) is 80.9 cm³/mol. The van der Waals surface area contributed by atoms with Crippen molar-refractivity contribution in [3.63, 3.8) is 0 Å². The number of carboxylic acids is 1. The third-order valence-corrected chi connectivity index (χ3v) is 4.84. The number of hydrogen-bond acceptors (Lipinski definition) is 4. The number of benzene rings is 1. The molecule has 0 aliphatic rings. The first kappa shape index (κ1) is 14.1. The van der Waals surface area contributed by atoms with Crippen LogP contribution in [0.2, 0.25) is 0 Å². The number of thioether (sulfide) groups is 1. The van der Waals surface area contributed by atoms with Gasteiger partial charge in [-0.3, -0.25) is 0 Å². The minimum absolute atomic E-state index is 0.163. The first-order chi connectivity index (χ1) is 9.08.